The van der Waals surface area contributed by atoms with Crippen molar-refractivity contribution >= 4 is 28.5 Å². The molecule has 1 aromatic carbocycles. The molecule has 4 heterocycles. The van der Waals surface area contributed by atoms with E-state index >= 15 is 0 Å². The van der Waals surface area contributed by atoms with E-state index in [0.717, 1.165) is 54.4 Å². The van der Waals surface area contributed by atoms with Crippen LogP contribution in [0, 0.1) is 13.8 Å². The maximum Gasteiger partial charge on any atom is 0.278 e. The highest BCUT2D eigenvalue weighted by Crippen LogP contribution is 2.24. The van der Waals surface area contributed by atoms with Crippen LogP contribution in [-0.2, 0) is 11.8 Å². The summed E-state index contributed by atoms with van der Waals surface area (Å²) in [5.41, 5.74) is 5.82. The molecule has 0 saturated carbocycles. The second-order valence-corrected chi connectivity index (χ2v) is 8.15. The Morgan fingerprint density at radius 1 is 0.970 bits per heavy atom. The third-order valence-corrected chi connectivity index (χ3v) is 5.87. The molecule has 0 aliphatic carbocycles. The fourth-order valence-corrected chi connectivity index (χ4v) is 4.12. The lowest BCUT2D eigenvalue weighted by molar-refractivity contribution is 0.122. The van der Waals surface area contributed by atoms with Crippen molar-refractivity contribution in [1.82, 2.24) is 24.5 Å². The Labute approximate surface area is 191 Å². The Bertz CT molecular complexity index is 1360. The first-order valence-electron chi connectivity index (χ1n) is 10.9. The van der Waals surface area contributed by atoms with E-state index in [0.29, 0.717) is 22.8 Å². The first-order chi connectivity index (χ1) is 16.0. The smallest absolute Gasteiger partial charge is 0.278 e. The van der Waals surface area contributed by atoms with E-state index in [2.05, 4.69) is 42.3 Å². The second-order valence-electron chi connectivity index (χ2n) is 8.15. The van der Waals surface area contributed by atoms with E-state index in [4.69, 9.17) is 4.74 Å². The van der Waals surface area contributed by atoms with Crippen molar-refractivity contribution in [2.24, 2.45) is 7.05 Å². The van der Waals surface area contributed by atoms with Crippen molar-refractivity contribution in [3.05, 3.63) is 64.3 Å². The van der Waals surface area contributed by atoms with Crippen LogP contribution < -0.4 is 15.8 Å². The molecule has 0 radical (unpaired) electrons. The number of ether oxygens (including phenoxy) is 1. The van der Waals surface area contributed by atoms with E-state index in [9.17, 15) is 4.79 Å². The third-order valence-electron chi connectivity index (χ3n) is 5.87. The van der Waals surface area contributed by atoms with Crippen molar-refractivity contribution in [3.8, 4) is 11.3 Å². The number of nitrogens with zero attached hydrogens (tertiary/aromatic N) is 6. The summed E-state index contributed by atoms with van der Waals surface area (Å²) in [6.45, 7) is 7.13. The Morgan fingerprint density at radius 3 is 2.36 bits per heavy atom. The van der Waals surface area contributed by atoms with Gasteiger partial charge in [-0.3, -0.25) is 14.3 Å². The summed E-state index contributed by atoms with van der Waals surface area (Å²) in [7, 11) is 1.70. The number of benzene rings is 1. The van der Waals surface area contributed by atoms with E-state index in [-0.39, 0.29) is 5.56 Å². The number of pyridine rings is 1. The maximum atomic E-state index is 13.1. The summed E-state index contributed by atoms with van der Waals surface area (Å²) in [6, 6.07) is 8.12. The highest BCUT2D eigenvalue weighted by atomic mass is 16.5. The van der Waals surface area contributed by atoms with Gasteiger partial charge in [0, 0.05) is 49.5 Å². The fraction of sp³-hybridized carbons (Fsp3) is 0.292. The average molecular weight is 444 g/mol. The molecule has 4 aromatic rings. The Hall–Kier alpha value is -3.85. The maximum absolute atomic E-state index is 13.1. The molecule has 0 amide bonds. The van der Waals surface area contributed by atoms with E-state index in [1.165, 1.54) is 4.57 Å². The van der Waals surface area contributed by atoms with Crippen LogP contribution in [0.1, 0.15) is 11.1 Å². The first kappa shape index (κ1) is 21.0. The Morgan fingerprint density at radius 2 is 1.67 bits per heavy atom. The zero-order valence-electron chi connectivity index (χ0n) is 18.9. The molecule has 168 valence electrons. The third kappa shape index (κ3) is 4.03. The molecule has 5 rings (SSSR count). The number of nitrogens with one attached hydrogen (secondary N) is 1. The normalized spacial score (nSPS) is 14.0. The van der Waals surface area contributed by atoms with Gasteiger partial charge in [0.25, 0.3) is 5.56 Å². The molecule has 0 bridgehead atoms. The van der Waals surface area contributed by atoms with Gasteiger partial charge in [0.2, 0.25) is 5.95 Å². The second kappa shape index (κ2) is 8.59. The van der Waals surface area contributed by atoms with Gasteiger partial charge in [0.15, 0.2) is 5.65 Å². The van der Waals surface area contributed by atoms with E-state index in [1.54, 1.807) is 25.6 Å². The molecule has 33 heavy (non-hydrogen) atoms. The van der Waals surface area contributed by atoms with Crippen molar-refractivity contribution in [2.75, 3.05) is 36.5 Å². The molecule has 0 unspecified atom stereocenters. The Balaban J connectivity index is 1.45. The summed E-state index contributed by atoms with van der Waals surface area (Å²) in [4.78, 5) is 33.2. The van der Waals surface area contributed by atoms with Gasteiger partial charge in [-0.1, -0.05) is 0 Å². The van der Waals surface area contributed by atoms with Gasteiger partial charge in [0.05, 0.1) is 19.4 Å². The molecule has 3 aromatic heterocycles. The molecule has 1 N–H and O–H groups in total. The largest absolute Gasteiger partial charge is 0.378 e. The molecule has 1 aliphatic heterocycles. The average Bonchev–Trinajstić information content (AvgIpc) is 2.83. The van der Waals surface area contributed by atoms with Crippen molar-refractivity contribution in [3.63, 3.8) is 0 Å². The minimum Gasteiger partial charge on any atom is -0.378 e. The number of aryl methyl sites for hydroxylation is 3. The lowest BCUT2D eigenvalue weighted by Gasteiger charge is -2.28. The number of anilines is 3. The first-order valence-corrected chi connectivity index (χ1v) is 10.9. The summed E-state index contributed by atoms with van der Waals surface area (Å²) < 4.78 is 6.94. The lowest BCUT2D eigenvalue weighted by atomic mass is 10.0. The SMILES string of the molecule is Cc1cncc(C)c1-c1nc2cnc(Nc3ccc(N4CCOCC4)cc3)nc2n(C)c1=O. The number of morpholine rings is 1. The van der Waals surface area contributed by atoms with Crippen LogP contribution in [0.3, 0.4) is 0 Å². The van der Waals surface area contributed by atoms with Crippen LogP contribution in [0.2, 0.25) is 0 Å². The zero-order valence-corrected chi connectivity index (χ0v) is 18.9. The molecular weight excluding hydrogens is 418 g/mol. The topological polar surface area (TPSA) is 98.1 Å². The molecule has 9 nitrogen and oxygen atoms in total. The number of fused-ring (bicyclic) bond motifs is 1. The quantitative estimate of drug-likeness (QED) is 0.514. The fourth-order valence-electron chi connectivity index (χ4n) is 4.12. The Kier molecular flexibility index (Phi) is 5.47. The highest BCUT2D eigenvalue weighted by Gasteiger charge is 2.17. The number of rotatable bonds is 4. The summed E-state index contributed by atoms with van der Waals surface area (Å²) in [6.07, 6.45) is 5.12. The van der Waals surface area contributed by atoms with Crippen LogP contribution >= 0.6 is 0 Å². The van der Waals surface area contributed by atoms with Gasteiger partial charge < -0.3 is 15.0 Å². The van der Waals surface area contributed by atoms with Gasteiger partial charge in [-0.25, -0.2) is 9.97 Å². The van der Waals surface area contributed by atoms with Crippen molar-refractivity contribution in [1.29, 1.82) is 0 Å². The van der Waals surface area contributed by atoms with Gasteiger partial charge >= 0.3 is 0 Å². The van der Waals surface area contributed by atoms with Gasteiger partial charge in [-0.15, -0.1) is 0 Å². The van der Waals surface area contributed by atoms with Crippen molar-refractivity contribution in [2.45, 2.75) is 13.8 Å². The molecule has 1 saturated heterocycles. The minimum atomic E-state index is -0.209. The summed E-state index contributed by atoms with van der Waals surface area (Å²) in [5, 5.41) is 3.22. The number of hydrogen-bond acceptors (Lipinski definition) is 8. The van der Waals surface area contributed by atoms with Gasteiger partial charge in [-0.05, 0) is 49.2 Å². The molecule has 1 fully saturated rings. The molecule has 0 spiro atoms. The molecule has 9 heteroatoms. The van der Waals surface area contributed by atoms with Crippen LogP contribution in [0.5, 0.6) is 0 Å². The molecule has 0 atom stereocenters. The minimum absolute atomic E-state index is 0.209. The monoisotopic (exact) mass is 443 g/mol. The highest BCUT2D eigenvalue weighted by molar-refractivity contribution is 5.76. The van der Waals surface area contributed by atoms with E-state index in [1.807, 2.05) is 26.0 Å². The predicted octanol–water partition coefficient (Wildman–Crippen LogP) is 2.98. The van der Waals surface area contributed by atoms with Crippen LogP contribution in [-0.4, -0.2) is 50.8 Å². The van der Waals surface area contributed by atoms with Crippen molar-refractivity contribution < 1.29 is 4.74 Å². The van der Waals surface area contributed by atoms with E-state index < -0.39 is 0 Å². The van der Waals surface area contributed by atoms with Gasteiger partial charge in [-0.2, -0.15) is 4.98 Å². The van der Waals surface area contributed by atoms with Crippen LogP contribution in [0.15, 0.2) is 47.7 Å². The van der Waals surface area contributed by atoms with Crippen LogP contribution in [0.25, 0.3) is 22.4 Å². The summed E-state index contributed by atoms with van der Waals surface area (Å²) >= 11 is 0. The number of hydrogen-bond donors (Lipinski definition) is 1. The van der Waals surface area contributed by atoms with Crippen LogP contribution in [0.4, 0.5) is 17.3 Å². The number of aromatic nitrogens is 5. The standard InChI is InChI=1S/C24H25N7O2/c1-15-12-25-13-16(2)20(15)21-23(32)30(3)22-19(28-21)14-26-24(29-22)27-17-4-6-18(7-5-17)31-8-10-33-11-9-31/h4-7,12-14H,8-11H2,1-3H3,(H,26,27,29). The van der Waals surface area contributed by atoms with Gasteiger partial charge in [0.1, 0.15) is 11.2 Å². The zero-order chi connectivity index (χ0) is 22.9. The molecule has 1 aliphatic rings. The summed E-state index contributed by atoms with van der Waals surface area (Å²) in [5.74, 6) is 0.405. The lowest BCUT2D eigenvalue weighted by Crippen LogP contribution is -2.36. The predicted molar refractivity (Wildman–Crippen MR) is 128 cm³/mol. The molecular formula is C24H25N7O2.